The summed E-state index contributed by atoms with van der Waals surface area (Å²) in [6.45, 7) is 1.99. The fourth-order valence-corrected chi connectivity index (χ4v) is 2.51. The number of anilines is 1. The standard InChI is InChI=1S/C15H18N2O2/c1-15(7-3-4-8-15)14(18)17-13-6-5-12(19-2)9-11(13)10-16/h5-6,9H,3-4,7-8H2,1-2H3,(H,17,18). The van der Waals surface area contributed by atoms with Gasteiger partial charge in [-0.3, -0.25) is 4.79 Å². The predicted octanol–water partition coefficient (Wildman–Crippen LogP) is 3.09. The summed E-state index contributed by atoms with van der Waals surface area (Å²) < 4.78 is 5.07. The van der Waals surface area contributed by atoms with Crippen molar-refractivity contribution in [3.8, 4) is 11.8 Å². The molecule has 19 heavy (non-hydrogen) atoms. The van der Waals surface area contributed by atoms with Gasteiger partial charge in [-0.15, -0.1) is 0 Å². The molecule has 0 heterocycles. The summed E-state index contributed by atoms with van der Waals surface area (Å²) >= 11 is 0. The Balaban J connectivity index is 2.19. The Morgan fingerprint density at radius 2 is 2.11 bits per heavy atom. The van der Waals surface area contributed by atoms with E-state index in [0.29, 0.717) is 17.0 Å². The van der Waals surface area contributed by atoms with Gasteiger partial charge in [0.2, 0.25) is 5.91 Å². The fourth-order valence-electron chi connectivity index (χ4n) is 2.51. The monoisotopic (exact) mass is 258 g/mol. The van der Waals surface area contributed by atoms with E-state index in [2.05, 4.69) is 11.4 Å². The van der Waals surface area contributed by atoms with E-state index in [1.807, 2.05) is 6.92 Å². The minimum Gasteiger partial charge on any atom is -0.497 e. The molecule has 0 radical (unpaired) electrons. The first-order valence-corrected chi connectivity index (χ1v) is 6.49. The minimum absolute atomic E-state index is 0.00617. The zero-order valence-electron chi connectivity index (χ0n) is 11.3. The van der Waals surface area contributed by atoms with Crippen molar-refractivity contribution >= 4 is 11.6 Å². The molecule has 0 atom stereocenters. The molecule has 1 fully saturated rings. The molecule has 0 spiro atoms. The summed E-state index contributed by atoms with van der Waals surface area (Å²) in [6.07, 6.45) is 4.02. The maximum Gasteiger partial charge on any atom is 0.230 e. The lowest BCUT2D eigenvalue weighted by atomic mass is 9.87. The van der Waals surface area contributed by atoms with Crippen molar-refractivity contribution in [1.29, 1.82) is 5.26 Å². The van der Waals surface area contributed by atoms with Crippen LogP contribution in [-0.4, -0.2) is 13.0 Å². The molecule has 0 bridgehead atoms. The third-order valence-electron chi connectivity index (χ3n) is 3.85. The number of rotatable bonds is 3. The molecule has 4 heteroatoms. The highest BCUT2D eigenvalue weighted by molar-refractivity contribution is 5.96. The maximum absolute atomic E-state index is 12.3. The average Bonchev–Trinajstić information content (AvgIpc) is 2.87. The second-order valence-corrected chi connectivity index (χ2v) is 5.25. The van der Waals surface area contributed by atoms with Crippen LogP contribution < -0.4 is 10.1 Å². The van der Waals surface area contributed by atoms with Crippen LogP contribution in [0.2, 0.25) is 0 Å². The molecule has 1 amide bonds. The number of methoxy groups -OCH3 is 1. The van der Waals surface area contributed by atoms with Crippen molar-refractivity contribution in [2.75, 3.05) is 12.4 Å². The van der Waals surface area contributed by atoms with Crippen molar-refractivity contribution in [2.45, 2.75) is 32.6 Å². The van der Waals surface area contributed by atoms with E-state index < -0.39 is 0 Å². The lowest BCUT2D eigenvalue weighted by molar-refractivity contribution is -0.124. The zero-order valence-corrected chi connectivity index (χ0v) is 11.3. The third kappa shape index (κ3) is 2.70. The van der Waals surface area contributed by atoms with Gasteiger partial charge in [0.1, 0.15) is 11.8 Å². The Labute approximate surface area is 113 Å². The van der Waals surface area contributed by atoms with Gasteiger partial charge >= 0.3 is 0 Å². The van der Waals surface area contributed by atoms with Crippen LogP contribution in [0.4, 0.5) is 5.69 Å². The van der Waals surface area contributed by atoms with Crippen LogP contribution in [0, 0.1) is 16.7 Å². The molecular weight excluding hydrogens is 240 g/mol. The van der Waals surface area contributed by atoms with Crippen LogP contribution in [0.5, 0.6) is 5.75 Å². The molecule has 0 saturated heterocycles. The van der Waals surface area contributed by atoms with Crippen molar-refractivity contribution < 1.29 is 9.53 Å². The van der Waals surface area contributed by atoms with Gasteiger partial charge in [-0.25, -0.2) is 0 Å². The number of hydrogen-bond acceptors (Lipinski definition) is 3. The fraction of sp³-hybridized carbons (Fsp3) is 0.467. The van der Waals surface area contributed by atoms with Crippen LogP contribution in [0.3, 0.4) is 0 Å². The molecule has 100 valence electrons. The molecule has 1 N–H and O–H groups in total. The van der Waals surface area contributed by atoms with E-state index in [-0.39, 0.29) is 11.3 Å². The lowest BCUT2D eigenvalue weighted by Gasteiger charge is -2.22. The first kappa shape index (κ1) is 13.4. The highest BCUT2D eigenvalue weighted by Crippen LogP contribution is 2.38. The predicted molar refractivity (Wildman–Crippen MR) is 72.9 cm³/mol. The number of carbonyl (C=O) groups is 1. The summed E-state index contributed by atoms with van der Waals surface area (Å²) in [5.41, 5.74) is 0.683. The number of carbonyl (C=O) groups excluding carboxylic acids is 1. The van der Waals surface area contributed by atoms with E-state index in [9.17, 15) is 4.79 Å². The highest BCUT2D eigenvalue weighted by Gasteiger charge is 2.36. The normalized spacial score (nSPS) is 16.7. The van der Waals surface area contributed by atoms with Gasteiger partial charge in [0.05, 0.1) is 18.4 Å². The summed E-state index contributed by atoms with van der Waals surface area (Å²) in [7, 11) is 1.55. The topological polar surface area (TPSA) is 62.1 Å². The maximum atomic E-state index is 12.3. The molecule has 1 aliphatic carbocycles. The van der Waals surface area contributed by atoms with Crippen LogP contribution in [-0.2, 0) is 4.79 Å². The summed E-state index contributed by atoms with van der Waals surface area (Å²) in [5.74, 6) is 0.619. The summed E-state index contributed by atoms with van der Waals surface area (Å²) in [5, 5.41) is 12.0. The minimum atomic E-state index is -0.299. The summed E-state index contributed by atoms with van der Waals surface area (Å²) in [4.78, 5) is 12.3. The Morgan fingerprint density at radius 1 is 1.42 bits per heavy atom. The Kier molecular flexibility index (Phi) is 3.75. The Hall–Kier alpha value is -2.02. The van der Waals surface area contributed by atoms with Crippen molar-refractivity contribution in [3.05, 3.63) is 23.8 Å². The zero-order chi connectivity index (χ0) is 13.9. The van der Waals surface area contributed by atoms with Gasteiger partial charge in [0.15, 0.2) is 0 Å². The molecule has 0 aromatic heterocycles. The van der Waals surface area contributed by atoms with Gasteiger partial charge in [-0.05, 0) is 31.0 Å². The number of amides is 1. The SMILES string of the molecule is COc1ccc(NC(=O)C2(C)CCCC2)c(C#N)c1. The third-order valence-corrected chi connectivity index (χ3v) is 3.85. The quantitative estimate of drug-likeness (QED) is 0.906. The molecule has 1 aromatic carbocycles. The first-order chi connectivity index (χ1) is 9.09. The van der Waals surface area contributed by atoms with Crippen LogP contribution >= 0.6 is 0 Å². The lowest BCUT2D eigenvalue weighted by Crippen LogP contribution is -2.31. The van der Waals surface area contributed by atoms with E-state index in [1.54, 1.807) is 25.3 Å². The second kappa shape index (κ2) is 5.31. The van der Waals surface area contributed by atoms with Crippen molar-refractivity contribution in [1.82, 2.24) is 0 Å². The van der Waals surface area contributed by atoms with E-state index >= 15 is 0 Å². The number of ether oxygens (including phenoxy) is 1. The molecule has 4 nitrogen and oxygen atoms in total. The molecule has 2 rings (SSSR count). The first-order valence-electron chi connectivity index (χ1n) is 6.49. The van der Waals surface area contributed by atoms with E-state index in [1.165, 1.54) is 0 Å². The molecule has 0 aliphatic heterocycles. The molecule has 1 aliphatic rings. The average molecular weight is 258 g/mol. The van der Waals surface area contributed by atoms with Crippen LogP contribution in [0.25, 0.3) is 0 Å². The van der Waals surface area contributed by atoms with Crippen LogP contribution in [0.1, 0.15) is 38.2 Å². The van der Waals surface area contributed by atoms with Gasteiger partial charge in [-0.2, -0.15) is 5.26 Å². The molecule has 0 unspecified atom stereocenters. The van der Waals surface area contributed by atoms with Crippen molar-refractivity contribution in [2.24, 2.45) is 5.41 Å². The number of nitrogens with zero attached hydrogens (tertiary/aromatic N) is 1. The second-order valence-electron chi connectivity index (χ2n) is 5.25. The van der Waals surface area contributed by atoms with Crippen LogP contribution in [0.15, 0.2) is 18.2 Å². The number of nitrogens with one attached hydrogen (secondary N) is 1. The molecule has 1 aromatic rings. The van der Waals surface area contributed by atoms with E-state index in [4.69, 9.17) is 10.00 Å². The largest absolute Gasteiger partial charge is 0.497 e. The van der Waals surface area contributed by atoms with Gasteiger partial charge in [0, 0.05) is 5.41 Å². The van der Waals surface area contributed by atoms with Crippen molar-refractivity contribution in [3.63, 3.8) is 0 Å². The summed E-state index contributed by atoms with van der Waals surface area (Å²) in [6, 6.07) is 7.17. The number of benzene rings is 1. The van der Waals surface area contributed by atoms with Gasteiger partial charge < -0.3 is 10.1 Å². The number of hydrogen-bond donors (Lipinski definition) is 1. The van der Waals surface area contributed by atoms with E-state index in [0.717, 1.165) is 25.7 Å². The van der Waals surface area contributed by atoms with Gasteiger partial charge in [0.25, 0.3) is 0 Å². The smallest absolute Gasteiger partial charge is 0.230 e. The van der Waals surface area contributed by atoms with Gasteiger partial charge in [-0.1, -0.05) is 19.8 Å². The number of nitriles is 1. The Bertz CT molecular complexity index is 525. The Morgan fingerprint density at radius 3 is 2.68 bits per heavy atom. The molecular formula is C15H18N2O2. The highest BCUT2D eigenvalue weighted by atomic mass is 16.5. The molecule has 1 saturated carbocycles.